The zero-order chi connectivity index (χ0) is 11.9. The Kier molecular flexibility index (Phi) is 5.56. The van der Waals surface area contributed by atoms with Crippen LogP contribution in [0.3, 0.4) is 0 Å². The van der Waals surface area contributed by atoms with Crippen LogP contribution in [0.1, 0.15) is 14.8 Å². The molecule has 0 fully saturated rings. The van der Waals surface area contributed by atoms with Crippen LogP contribution in [-0.2, 0) is 19.8 Å². The summed E-state index contributed by atoms with van der Waals surface area (Å²) in [4.78, 5) is 3.38. The summed E-state index contributed by atoms with van der Waals surface area (Å²) in [6.07, 6.45) is 6.62. The van der Waals surface area contributed by atoms with Gasteiger partial charge >= 0.3 is 107 Å². The van der Waals surface area contributed by atoms with Crippen molar-refractivity contribution >= 4 is 38.5 Å². The van der Waals surface area contributed by atoms with Gasteiger partial charge in [0.05, 0.1) is 0 Å². The van der Waals surface area contributed by atoms with E-state index in [4.69, 9.17) is 0 Å². The van der Waals surface area contributed by atoms with Crippen molar-refractivity contribution in [2.24, 2.45) is 0 Å². The van der Waals surface area contributed by atoms with Crippen molar-refractivity contribution in [1.82, 2.24) is 4.98 Å². The zero-order valence-corrected chi connectivity index (χ0v) is 14.9. The van der Waals surface area contributed by atoms with Gasteiger partial charge in [-0.2, -0.15) is 0 Å². The standard InChI is InChI=1S/C9H7.C4H4N.CH3.CH2.2ClH.Zr/c1-2-5-9-7-3-6-8(9)4-1;1-2-4-5-3-1;;;;;/h1-7H;1-3,5H;1H3;1H2;2*1H;. The van der Waals surface area contributed by atoms with Crippen LogP contribution in [0.15, 0.2) is 48.7 Å². The Morgan fingerprint density at radius 2 is 1.84 bits per heavy atom. The summed E-state index contributed by atoms with van der Waals surface area (Å²) >= 11 is -2.55. The van der Waals surface area contributed by atoms with E-state index >= 15 is 0 Å². The van der Waals surface area contributed by atoms with Crippen LogP contribution in [0.4, 0.5) is 0 Å². The van der Waals surface area contributed by atoms with Crippen LogP contribution in [0, 0.1) is 0 Å². The Morgan fingerprint density at radius 1 is 1.11 bits per heavy atom. The topological polar surface area (TPSA) is 15.8 Å². The predicted octanol–water partition coefficient (Wildman–Crippen LogP) is 3.89. The van der Waals surface area contributed by atoms with Crippen molar-refractivity contribution in [3.05, 3.63) is 59.8 Å². The van der Waals surface area contributed by atoms with E-state index in [9.17, 15) is 0 Å². The second-order valence-corrected chi connectivity index (χ2v) is 14.8. The van der Waals surface area contributed by atoms with Gasteiger partial charge < -0.3 is 0 Å². The first kappa shape index (κ1) is 16.6. The molecule has 2 atom stereocenters. The molecule has 0 spiro atoms. The van der Waals surface area contributed by atoms with E-state index in [0.29, 0.717) is 3.63 Å². The van der Waals surface area contributed by atoms with Crippen LogP contribution in [0.2, 0.25) is 4.63 Å². The molecule has 1 aliphatic carbocycles. The quantitative estimate of drug-likeness (QED) is 0.821. The molecular weight excluding hydrogens is 356 g/mol. The first-order chi connectivity index (χ1) is 8.19. The number of hydrogen-bond acceptors (Lipinski definition) is 0. The van der Waals surface area contributed by atoms with Crippen molar-refractivity contribution in [1.29, 1.82) is 0 Å². The molecule has 1 aliphatic rings. The maximum absolute atomic E-state index is 4.62. The molecule has 0 bridgehead atoms. The molecule has 1 N–H and O–H groups in total. The predicted molar refractivity (Wildman–Crippen MR) is 86.1 cm³/mol. The van der Waals surface area contributed by atoms with Gasteiger partial charge in [-0.15, -0.1) is 24.8 Å². The molecule has 101 valence electrons. The average molecular weight is 374 g/mol. The van der Waals surface area contributed by atoms with Gasteiger partial charge in [-0.25, -0.2) is 0 Å². The summed E-state index contributed by atoms with van der Waals surface area (Å²) < 4.78 is 8.97. The number of halogens is 2. The van der Waals surface area contributed by atoms with Gasteiger partial charge in [0.15, 0.2) is 0 Å². The number of H-pyrrole nitrogens is 1. The molecule has 3 rings (SSSR count). The van der Waals surface area contributed by atoms with Gasteiger partial charge in [-0.05, 0) is 0 Å². The molecular formula is C15H18Cl2NZr. The van der Waals surface area contributed by atoms with Crippen molar-refractivity contribution in [3.8, 4) is 0 Å². The fourth-order valence-electron chi connectivity index (χ4n) is 2.66. The number of fused-ring (bicyclic) bond motifs is 1. The summed E-state index contributed by atoms with van der Waals surface area (Å²) in [5.74, 6) is 0. The van der Waals surface area contributed by atoms with Crippen molar-refractivity contribution in [3.63, 3.8) is 0 Å². The van der Waals surface area contributed by atoms with Gasteiger partial charge in [0.2, 0.25) is 0 Å². The van der Waals surface area contributed by atoms with Gasteiger partial charge in [0.1, 0.15) is 0 Å². The molecule has 2 aromatic rings. The van der Waals surface area contributed by atoms with Crippen LogP contribution in [0.25, 0.3) is 6.08 Å². The van der Waals surface area contributed by atoms with Gasteiger partial charge in [0, 0.05) is 0 Å². The molecule has 1 nitrogen and oxygen atoms in total. The van der Waals surface area contributed by atoms with E-state index in [-0.39, 0.29) is 24.8 Å². The number of benzene rings is 1. The van der Waals surface area contributed by atoms with Crippen molar-refractivity contribution in [2.45, 2.75) is 8.26 Å². The van der Waals surface area contributed by atoms with E-state index in [1.54, 1.807) is 0 Å². The fourth-order valence-corrected chi connectivity index (χ4v) is 9.28. The first-order valence-electron chi connectivity index (χ1n) is 5.96. The summed E-state index contributed by atoms with van der Waals surface area (Å²) in [6, 6.07) is 13.0. The van der Waals surface area contributed by atoms with Crippen molar-refractivity contribution < 1.29 is 19.8 Å². The average Bonchev–Trinajstić information content (AvgIpc) is 2.99. The van der Waals surface area contributed by atoms with E-state index in [1.807, 2.05) is 6.20 Å². The number of rotatable bonds is 2. The van der Waals surface area contributed by atoms with Crippen LogP contribution >= 0.6 is 24.8 Å². The summed E-state index contributed by atoms with van der Waals surface area (Å²) in [5.41, 5.74) is 2.84. The Bertz CT molecular complexity index is 617. The third-order valence-corrected chi connectivity index (χ3v) is 12.1. The minimum absolute atomic E-state index is 0. The monoisotopic (exact) mass is 372 g/mol. The van der Waals surface area contributed by atoms with Crippen LogP contribution in [0.5, 0.6) is 0 Å². The van der Waals surface area contributed by atoms with Crippen LogP contribution < -0.4 is 3.40 Å². The summed E-state index contributed by atoms with van der Waals surface area (Å²) in [6.45, 7) is 0. The third kappa shape index (κ3) is 2.86. The Labute approximate surface area is 130 Å². The second kappa shape index (κ2) is 6.35. The molecule has 0 amide bonds. The van der Waals surface area contributed by atoms with Gasteiger partial charge in [0.25, 0.3) is 0 Å². The number of allylic oxidation sites excluding steroid dienone is 1. The Morgan fingerprint density at radius 3 is 2.53 bits per heavy atom. The number of aromatic amines is 1. The summed E-state index contributed by atoms with van der Waals surface area (Å²) in [5, 5.41) is 0. The van der Waals surface area contributed by atoms with Crippen molar-refractivity contribution in [2.75, 3.05) is 0 Å². The third-order valence-electron chi connectivity index (χ3n) is 3.70. The Hall–Kier alpha value is -0.427. The zero-order valence-electron chi connectivity index (χ0n) is 10.8. The van der Waals surface area contributed by atoms with E-state index in [0.717, 1.165) is 0 Å². The maximum atomic E-state index is 4.62. The minimum atomic E-state index is -2.55. The van der Waals surface area contributed by atoms with Gasteiger partial charge in [-0.3, -0.25) is 0 Å². The second-order valence-electron chi connectivity index (χ2n) is 4.97. The molecule has 0 saturated carbocycles. The molecule has 0 aliphatic heterocycles. The SMILES string of the molecule is Cl.Cl.[CH2]=[Zr]([CH3])([c]1ccc[nH]1)[CH]1C=Cc2ccccc21. The van der Waals surface area contributed by atoms with Crippen LogP contribution in [-0.4, -0.2) is 9.20 Å². The molecule has 0 radical (unpaired) electrons. The van der Waals surface area contributed by atoms with E-state index in [2.05, 4.69) is 62.4 Å². The molecule has 4 heteroatoms. The number of hydrogen-bond donors (Lipinski definition) is 1. The Balaban J connectivity index is 0.000000902. The molecule has 1 heterocycles. The first-order valence-corrected chi connectivity index (χ1v) is 12.8. The fraction of sp³-hybridized carbons (Fsp3) is 0.133. The van der Waals surface area contributed by atoms with E-state index < -0.39 is 19.8 Å². The molecule has 2 unspecified atom stereocenters. The molecule has 1 aromatic heterocycles. The number of nitrogens with one attached hydrogen (secondary N) is 1. The molecule has 0 saturated heterocycles. The number of aromatic nitrogens is 1. The molecule has 1 aromatic carbocycles. The molecule has 19 heavy (non-hydrogen) atoms. The normalized spacial score (nSPS) is 18.9. The van der Waals surface area contributed by atoms with Gasteiger partial charge in [-0.1, -0.05) is 0 Å². The van der Waals surface area contributed by atoms with E-state index in [1.165, 1.54) is 14.5 Å². The summed E-state index contributed by atoms with van der Waals surface area (Å²) in [7, 11) is 0.